The van der Waals surface area contributed by atoms with Crippen molar-refractivity contribution in [3.05, 3.63) is 24.0 Å². The molecule has 18 heavy (non-hydrogen) atoms. The highest BCUT2D eigenvalue weighted by Crippen LogP contribution is 2.24. The van der Waals surface area contributed by atoms with Crippen LogP contribution in [0.4, 0.5) is 10.1 Å². The lowest BCUT2D eigenvalue weighted by atomic mass is 10.3. The van der Waals surface area contributed by atoms with Gasteiger partial charge in [-0.05, 0) is 24.6 Å². The van der Waals surface area contributed by atoms with Crippen LogP contribution in [0.5, 0.6) is 0 Å². The molecule has 0 amide bonds. The molecule has 1 aliphatic rings. The van der Waals surface area contributed by atoms with Gasteiger partial charge in [0, 0.05) is 20.2 Å². The second-order valence-electron chi connectivity index (χ2n) is 4.19. The van der Waals surface area contributed by atoms with Crippen LogP contribution in [0.3, 0.4) is 0 Å². The first-order chi connectivity index (χ1) is 8.45. The molecule has 0 saturated carbocycles. The van der Waals surface area contributed by atoms with E-state index in [0.29, 0.717) is 19.5 Å². The van der Waals surface area contributed by atoms with Gasteiger partial charge >= 0.3 is 0 Å². The maximum atomic E-state index is 13.0. The molecular weight excluding hydrogens is 259 g/mol. The van der Waals surface area contributed by atoms with Gasteiger partial charge in [-0.2, -0.15) is 4.31 Å². The van der Waals surface area contributed by atoms with Crippen LogP contribution < -0.4 is 5.73 Å². The van der Waals surface area contributed by atoms with Crippen molar-refractivity contribution in [3.8, 4) is 0 Å². The topological polar surface area (TPSA) is 72.6 Å². The van der Waals surface area contributed by atoms with Gasteiger partial charge in [0.2, 0.25) is 10.0 Å². The van der Waals surface area contributed by atoms with E-state index >= 15 is 0 Å². The molecule has 5 nitrogen and oxygen atoms in total. The van der Waals surface area contributed by atoms with Gasteiger partial charge < -0.3 is 10.5 Å². The minimum absolute atomic E-state index is 0.0122. The molecule has 1 atom stereocenters. The number of sulfonamides is 1. The lowest BCUT2D eigenvalue weighted by Gasteiger charge is -2.16. The number of benzene rings is 1. The fourth-order valence-electron chi connectivity index (χ4n) is 1.94. The molecule has 0 radical (unpaired) electrons. The minimum Gasteiger partial charge on any atom is -0.396 e. The van der Waals surface area contributed by atoms with E-state index in [2.05, 4.69) is 0 Å². The maximum Gasteiger partial charge on any atom is 0.243 e. The molecule has 1 fully saturated rings. The summed E-state index contributed by atoms with van der Waals surface area (Å²) in [6.45, 7) is 0.717. The zero-order valence-corrected chi connectivity index (χ0v) is 10.8. The van der Waals surface area contributed by atoms with Crippen molar-refractivity contribution in [2.75, 3.05) is 25.9 Å². The molecule has 0 aromatic heterocycles. The van der Waals surface area contributed by atoms with Crippen LogP contribution in [0.15, 0.2) is 23.1 Å². The summed E-state index contributed by atoms with van der Waals surface area (Å²) >= 11 is 0. The van der Waals surface area contributed by atoms with Gasteiger partial charge in [-0.15, -0.1) is 0 Å². The smallest absolute Gasteiger partial charge is 0.243 e. The van der Waals surface area contributed by atoms with E-state index in [1.54, 1.807) is 7.11 Å². The molecule has 0 spiro atoms. The zero-order chi connectivity index (χ0) is 13.3. The van der Waals surface area contributed by atoms with Crippen LogP contribution in [0.25, 0.3) is 0 Å². The Morgan fingerprint density at radius 1 is 1.50 bits per heavy atom. The van der Waals surface area contributed by atoms with Gasteiger partial charge in [0.1, 0.15) is 5.82 Å². The molecule has 0 aliphatic carbocycles. The van der Waals surface area contributed by atoms with E-state index in [9.17, 15) is 12.8 Å². The molecule has 0 bridgehead atoms. The highest BCUT2D eigenvalue weighted by Gasteiger charge is 2.32. The largest absolute Gasteiger partial charge is 0.396 e. The van der Waals surface area contributed by atoms with Crippen LogP contribution in [0.1, 0.15) is 6.42 Å². The number of hydrogen-bond donors (Lipinski definition) is 1. The SMILES string of the molecule is COC1CCN(S(=O)(=O)c2ccc(F)c(N)c2)C1. The molecule has 7 heteroatoms. The number of anilines is 1. The summed E-state index contributed by atoms with van der Waals surface area (Å²) in [6.07, 6.45) is 0.574. The van der Waals surface area contributed by atoms with E-state index in [-0.39, 0.29) is 16.7 Å². The average Bonchev–Trinajstić information content (AvgIpc) is 2.81. The standard InChI is InChI=1S/C11H15FN2O3S/c1-17-8-4-5-14(7-8)18(15,16)9-2-3-10(12)11(13)6-9/h2-3,6,8H,4-5,7,13H2,1H3. The third kappa shape index (κ3) is 2.33. The molecule has 100 valence electrons. The van der Waals surface area contributed by atoms with E-state index < -0.39 is 15.8 Å². The van der Waals surface area contributed by atoms with Crippen LogP contribution in [0.2, 0.25) is 0 Å². The number of hydrogen-bond acceptors (Lipinski definition) is 4. The maximum absolute atomic E-state index is 13.0. The van der Waals surface area contributed by atoms with Crippen LogP contribution >= 0.6 is 0 Å². The van der Waals surface area contributed by atoms with Crippen molar-refractivity contribution in [1.29, 1.82) is 0 Å². The van der Waals surface area contributed by atoms with Crippen LogP contribution in [0, 0.1) is 5.82 Å². The summed E-state index contributed by atoms with van der Waals surface area (Å²) in [5.41, 5.74) is 5.22. The average molecular weight is 274 g/mol. The molecule has 1 unspecified atom stereocenters. The van der Waals surface area contributed by atoms with Crippen molar-refractivity contribution in [2.24, 2.45) is 0 Å². The van der Waals surface area contributed by atoms with Crippen molar-refractivity contribution in [3.63, 3.8) is 0 Å². The molecular formula is C11H15FN2O3S. The quantitative estimate of drug-likeness (QED) is 0.828. The highest BCUT2D eigenvalue weighted by atomic mass is 32.2. The van der Waals surface area contributed by atoms with Crippen molar-refractivity contribution in [1.82, 2.24) is 4.31 Å². The zero-order valence-electron chi connectivity index (χ0n) is 9.97. The summed E-state index contributed by atoms with van der Waals surface area (Å²) in [4.78, 5) is 0.0122. The highest BCUT2D eigenvalue weighted by molar-refractivity contribution is 7.89. The van der Waals surface area contributed by atoms with Crippen molar-refractivity contribution in [2.45, 2.75) is 17.4 Å². The van der Waals surface area contributed by atoms with Gasteiger partial charge in [-0.25, -0.2) is 12.8 Å². The fraction of sp³-hybridized carbons (Fsp3) is 0.455. The number of nitrogens with two attached hydrogens (primary N) is 1. The second-order valence-corrected chi connectivity index (χ2v) is 6.13. The Kier molecular flexibility index (Phi) is 3.56. The number of nitrogens with zero attached hydrogens (tertiary/aromatic N) is 1. The predicted octanol–water partition coefficient (Wildman–Crippen LogP) is 0.817. The minimum atomic E-state index is -3.61. The summed E-state index contributed by atoms with van der Waals surface area (Å²) in [5, 5.41) is 0. The molecule has 1 aromatic carbocycles. The third-order valence-electron chi connectivity index (χ3n) is 3.05. The molecule has 2 N–H and O–H groups in total. The van der Waals surface area contributed by atoms with E-state index in [1.807, 2.05) is 0 Å². The number of methoxy groups -OCH3 is 1. The summed E-state index contributed by atoms with van der Waals surface area (Å²) in [7, 11) is -2.06. The predicted molar refractivity (Wildman–Crippen MR) is 65.0 cm³/mol. The van der Waals surface area contributed by atoms with Crippen molar-refractivity contribution >= 4 is 15.7 Å². The first-order valence-electron chi connectivity index (χ1n) is 5.53. The van der Waals surface area contributed by atoms with E-state index in [4.69, 9.17) is 10.5 Å². The molecule has 1 aromatic rings. The Hall–Kier alpha value is -1.18. The Morgan fingerprint density at radius 2 is 2.22 bits per heavy atom. The summed E-state index contributed by atoms with van der Waals surface area (Å²) < 4.78 is 44.0. The van der Waals surface area contributed by atoms with Gasteiger partial charge in [-0.3, -0.25) is 0 Å². The fourth-order valence-corrected chi connectivity index (χ4v) is 3.46. The van der Waals surface area contributed by atoms with Gasteiger partial charge in [0.25, 0.3) is 0 Å². The molecule has 1 aliphatic heterocycles. The lowest BCUT2D eigenvalue weighted by molar-refractivity contribution is 0.115. The van der Waals surface area contributed by atoms with Gasteiger partial charge in [-0.1, -0.05) is 0 Å². The number of halogens is 1. The Balaban J connectivity index is 2.28. The third-order valence-corrected chi connectivity index (χ3v) is 4.91. The van der Waals surface area contributed by atoms with Gasteiger partial charge in [0.05, 0.1) is 16.7 Å². The molecule has 1 heterocycles. The second kappa shape index (κ2) is 4.83. The Labute approximate surface area is 105 Å². The summed E-state index contributed by atoms with van der Waals surface area (Å²) in [6, 6.07) is 3.43. The van der Waals surface area contributed by atoms with E-state index in [0.717, 1.165) is 12.1 Å². The Morgan fingerprint density at radius 3 is 2.78 bits per heavy atom. The number of ether oxygens (including phenoxy) is 1. The molecule has 2 rings (SSSR count). The first-order valence-corrected chi connectivity index (χ1v) is 6.97. The lowest BCUT2D eigenvalue weighted by Crippen LogP contribution is -2.30. The normalized spacial score (nSPS) is 21.3. The number of nitrogen functional groups attached to an aromatic ring is 1. The first kappa shape index (κ1) is 13.3. The van der Waals surface area contributed by atoms with Gasteiger partial charge in [0.15, 0.2) is 0 Å². The molecule has 1 saturated heterocycles. The van der Waals surface area contributed by atoms with Crippen molar-refractivity contribution < 1.29 is 17.5 Å². The van der Waals surface area contributed by atoms with Crippen LogP contribution in [-0.4, -0.2) is 39.0 Å². The number of rotatable bonds is 3. The van der Waals surface area contributed by atoms with Crippen LogP contribution in [-0.2, 0) is 14.8 Å². The monoisotopic (exact) mass is 274 g/mol. The Bertz CT molecular complexity index is 547. The van der Waals surface area contributed by atoms with E-state index in [1.165, 1.54) is 10.4 Å². The summed E-state index contributed by atoms with van der Waals surface area (Å²) in [5.74, 6) is -0.620.